The van der Waals surface area contributed by atoms with Crippen LogP contribution in [0.2, 0.25) is 0 Å². The fourth-order valence-corrected chi connectivity index (χ4v) is 10.8. The van der Waals surface area contributed by atoms with E-state index in [2.05, 4.69) is 50.2 Å². The van der Waals surface area contributed by atoms with Gasteiger partial charge in [0.2, 0.25) is 17.7 Å². The summed E-state index contributed by atoms with van der Waals surface area (Å²) in [6.07, 6.45) is 5.90. The molecule has 1 unspecified atom stereocenters. The van der Waals surface area contributed by atoms with Crippen molar-refractivity contribution < 1.29 is 33.8 Å². The Hall–Kier alpha value is -10.1. The summed E-state index contributed by atoms with van der Waals surface area (Å²) in [6, 6.07) is 34.1. The summed E-state index contributed by atoms with van der Waals surface area (Å²) in [4.78, 5) is 73.0. The van der Waals surface area contributed by atoms with Crippen LogP contribution in [-0.4, -0.2) is 130 Å². The minimum Gasteiger partial charge on any atom is -0.465 e. The first kappa shape index (κ1) is 59.5. The molecule has 2 aliphatic heterocycles. The molecule has 4 aromatic heterocycles. The molecule has 0 aliphatic carbocycles. The Bertz CT molecular complexity index is 3870. The molecular formula is C66H70N12O7. The number of ether oxygens (including phenoxy) is 2. The molecule has 4 amide bonds. The molecule has 8 aromatic rings. The molecule has 0 spiro atoms. The minimum atomic E-state index is -1.12. The second kappa shape index (κ2) is 26.0. The lowest BCUT2D eigenvalue weighted by Crippen LogP contribution is -2.56. The van der Waals surface area contributed by atoms with Crippen LogP contribution < -0.4 is 20.9 Å². The van der Waals surface area contributed by atoms with Crippen molar-refractivity contribution in [2.45, 2.75) is 52.5 Å². The van der Waals surface area contributed by atoms with Gasteiger partial charge in [-0.2, -0.15) is 0 Å². The first-order valence-electron chi connectivity index (χ1n) is 28.1. The molecule has 2 fully saturated rings. The lowest BCUT2D eigenvalue weighted by molar-refractivity contribution is -0.141. The number of hydrogen-bond acceptors (Lipinski definition) is 12. The fourth-order valence-electron chi connectivity index (χ4n) is 10.8. The third-order valence-corrected chi connectivity index (χ3v) is 15.3. The van der Waals surface area contributed by atoms with Crippen molar-refractivity contribution in [1.29, 1.82) is 0 Å². The van der Waals surface area contributed by atoms with Gasteiger partial charge in [0, 0.05) is 77.3 Å². The highest BCUT2D eigenvalue weighted by atomic mass is 16.5. The van der Waals surface area contributed by atoms with Crippen molar-refractivity contribution >= 4 is 57.5 Å². The number of amides is 4. The molecule has 0 saturated carbocycles. The van der Waals surface area contributed by atoms with E-state index in [4.69, 9.17) is 20.9 Å². The standard InChI is InChI=1S/C34H38N6O4.C32H32N6O3/c1-34(2,3)29(39(5)33(42)43)32(41)40-19-17-22(18-20-40)11-16-26-27(28-30(35)36-21-37-31(28)38(26)4)23-12-14-25(15-13-23)44-24-9-7-6-8-10-24;1-4-27(39)36(2)20-28(40)38-18-16-22(17-19-38)10-15-26-29(30-31(33)34-21-35-32(30)37(26)3)23-11-13-25(14-12-23)41-24-8-6-5-7-9-24/h6-10,12-15,21-22,29H,17-20H2,1-5H3,(H,42,43)(H2,35,36,37);4-9,11-14,21-22H,1,16-20H2,2-3H3,(H2,33,34,35). The lowest BCUT2D eigenvalue weighted by Gasteiger charge is -2.40. The predicted molar refractivity (Wildman–Crippen MR) is 329 cm³/mol. The van der Waals surface area contributed by atoms with E-state index in [0.717, 1.165) is 79.4 Å². The zero-order valence-corrected chi connectivity index (χ0v) is 49.0. The molecule has 2 saturated heterocycles. The van der Waals surface area contributed by atoms with Crippen LogP contribution in [-0.2, 0) is 28.5 Å². The first-order chi connectivity index (χ1) is 40.8. The van der Waals surface area contributed by atoms with E-state index in [9.17, 15) is 24.3 Å². The normalized spacial score (nSPS) is 14.0. The van der Waals surface area contributed by atoms with Gasteiger partial charge in [-0.1, -0.05) is 99.9 Å². The zero-order chi connectivity index (χ0) is 60.5. The first-order valence-corrected chi connectivity index (χ1v) is 28.1. The molecule has 85 heavy (non-hydrogen) atoms. The number of nitrogen functional groups attached to an aromatic ring is 2. The fraction of sp³-hybridized carbons (Fsp3) is 0.303. The van der Waals surface area contributed by atoms with Gasteiger partial charge in [0.05, 0.1) is 17.3 Å². The molecule has 0 radical (unpaired) electrons. The molecule has 2 aliphatic rings. The van der Waals surface area contributed by atoms with Crippen molar-refractivity contribution in [3.05, 3.63) is 146 Å². The van der Waals surface area contributed by atoms with E-state index >= 15 is 0 Å². The average molecular weight is 1140 g/mol. The van der Waals surface area contributed by atoms with Crippen molar-refractivity contribution in [2.24, 2.45) is 31.3 Å². The summed E-state index contributed by atoms with van der Waals surface area (Å²) in [5.74, 6) is 17.1. The Balaban J connectivity index is 0.000000204. The van der Waals surface area contributed by atoms with Crippen LogP contribution >= 0.6 is 0 Å². The number of fused-ring (bicyclic) bond motifs is 2. The van der Waals surface area contributed by atoms with Gasteiger partial charge in [-0.05, 0) is 109 Å². The van der Waals surface area contributed by atoms with Gasteiger partial charge in [-0.15, -0.1) is 0 Å². The Labute approximate surface area is 494 Å². The summed E-state index contributed by atoms with van der Waals surface area (Å²) in [7, 11) is 6.90. The van der Waals surface area contributed by atoms with E-state index in [1.165, 1.54) is 30.7 Å². The molecule has 19 heteroatoms. The van der Waals surface area contributed by atoms with E-state index in [1.54, 1.807) is 16.8 Å². The van der Waals surface area contributed by atoms with Crippen molar-refractivity contribution in [3.8, 4) is 68.9 Å². The monoisotopic (exact) mass is 1140 g/mol. The molecule has 5 N–H and O–H groups in total. The van der Waals surface area contributed by atoms with E-state index in [1.807, 2.05) is 153 Å². The van der Waals surface area contributed by atoms with Crippen molar-refractivity contribution in [3.63, 3.8) is 0 Å². The van der Waals surface area contributed by atoms with Crippen LogP contribution in [0.25, 0.3) is 44.3 Å². The number of aromatic nitrogens is 6. The van der Waals surface area contributed by atoms with Gasteiger partial charge in [0.15, 0.2) is 0 Å². The second-order valence-corrected chi connectivity index (χ2v) is 22.2. The van der Waals surface area contributed by atoms with Gasteiger partial charge in [0.1, 0.15) is 76.0 Å². The number of aryl methyl sites for hydroxylation is 2. The predicted octanol–water partition coefficient (Wildman–Crippen LogP) is 9.87. The molecule has 10 rings (SSSR count). The highest BCUT2D eigenvalue weighted by molar-refractivity contribution is 6.04. The summed E-state index contributed by atoms with van der Waals surface area (Å²) in [6.45, 7) is 11.4. The number of hydrogen-bond donors (Lipinski definition) is 3. The summed E-state index contributed by atoms with van der Waals surface area (Å²) in [5, 5.41) is 11.1. The zero-order valence-electron chi connectivity index (χ0n) is 49.0. The molecule has 1 atom stereocenters. The maximum Gasteiger partial charge on any atom is 0.407 e. The van der Waals surface area contributed by atoms with Gasteiger partial charge >= 0.3 is 6.09 Å². The highest BCUT2D eigenvalue weighted by Crippen LogP contribution is 2.39. The van der Waals surface area contributed by atoms with Gasteiger partial charge in [-0.25, -0.2) is 24.7 Å². The molecule has 6 heterocycles. The Morgan fingerprint density at radius 3 is 1.44 bits per heavy atom. The number of likely N-dealkylation sites (N-methyl/N-ethyl adjacent to an activating group) is 2. The van der Waals surface area contributed by atoms with Crippen molar-refractivity contribution in [1.82, 2.24) is 48.7 Å². The Morgan fingerprint density at radius 1 is 0.647 bits per heavy atom. The summed E-state index contributed by atoms with van der Waals surface area (Å²) in [5.41, 5.74) is 18.7. The largest absolute Gasteiger partial charge is 0.465 e. The number of carbonyl (C=O) groups excluding carboxylic acids is 3. The smallest absolute Gasteiger partial charge is 0.407 e. The summed E-state index contributed by atoms with van der Waals surface area (Å²) < 4.78 is 15.9. The Morgan fingerprint density at radius 2 is 1.05 bits per heavy atom. The van der Waals surface area contributed by atoms with Crippen LogP contribution in [0.1, 0.15) is 57.8 Å². The van der Waals surface area contributed by atoms with Gasteiger partial charge in [0.25, 0.3) is 0 Å². The van der Waals surface area contributed by atoms with E-state index in [-0.39, 0.29) is 36.1 Å². The highest BCUT2D eigenvalue weighted by Gasteiger charge is 2.40. The quantitative estimate of drug-likeness (QED) is 0.0809. The van der Waals surface area contributed by atoms with E-state index in [0.29, 0.717) is 67.7 Å². The van der Waals surface area contributed by atoms with Crippen LogP contribution in [0.4, 0.5) is 16.4 Å². The molecular weight excluding hydrogens is 1070 g/mol. The maximum absolute atomic E-state index is 13.4. The third-order valence-electron chi connectivity index (χ3n) is 15.3. The molecule has 0 bridgehead atoms. The number of anilines is 2. The molecule has 436 valence electrons. The number of rotatable bonds is 11. The Kier molecular flexibility index (Phi) is 18.2. The van der Waals surface area contributed by atoms with Crippen LogP contribution in [0.15, 0.2) is 135 Å². The number of piperidine rings is 2. The van der Waals surface area contributed by atoms with Crippen LogP contribution in [0, 0.1) is 40.9 Å². The topological polar surface area (TPSA) is 233 Å². The average Bonchev–Trinajstić information content (AvgIpc) is 3.03. The van der Waals surface area contributed by atoms with Crippen molar-refractivity contribution in [2.75, 3.05) is 58.3 Å². The maximum atomic E-state index is 13.4. The second-order valence-electron chi connectivity index (χ2n) is 22.2. The van der Waals surface area contributed by atoms with Gasteiger partial charge < -0.3 is 49.9 Å². The number of para-hydroxylation sites is 2. The number of carbonyl (C=O) groups is 4. The van der Waals surface area contributed by atoms with Gasteiger partial charge in [-0.3, -0.25) is 19.3 Å². The number of likely N-dealkylation sites (tertiary alicyclic amines) is 2. The summed E-state index contributed by atoms with van der Waals surface area (Å²) >= 11 is 0. The number of nitrogens with two attached hydrogens (primary N) is 2. The van der Waals surface area contributed by atoms with E-state index < -0.39 is 17.6 Å². The van der Waals surface area contributed by atoms with Crippen LogP contribution in [0.5, 0.6) is 23.0 Å². The molecule has 19 nitrogen and oxygen atoms in total. The lowest BCUT2D eigenvalue weighted by atomic mass is 9.84. The third kappa shape index (κ3) is 13.5. The molecule has 4 aromatic carbocycles. The number of nitrogens with zero attached hydrogens (tertiary/aromatic N) is 10. The number of carboxylic acid groups (broad SMARTS) is 1. The SMILES string of the molecule is C=CC(=O)N(C)CC(=O)N1CCC(C#Cc2c(-c3ccc(Oc4ccccc4)cc3)c3c(N)ncnc3n2C)CC1.CN(C(=O)O)C(C(=O)N1CCC(C#Cc2c(-c3ccc(Oc4ccccc4)cc3)c3c(N)ncnc3n2C)CC1)C(C)(C)C. The van der Waals surface area contributed by atoms with Crippen LogP contribution in [0.3, 0.4) is 0 Å². The number of benzene rings is 4. The minimum absolute atomic E-state index is 0.0398.